The van der Waals surface area contributed by atoms with Crippen LogP contribution in [0.2, 0.25) is 5.02 Å². The molecule has 1 fully saturated rings. The molecular weight excluding hydrogens is 415 g/mol. The lowest BCUT2D eigenvalue weighted by atomic mass is 10.1. The summed E-state index contributed by atoms with van der Waals surface area (Å²) in [5.74, 6) is 0.120. The van der Waals surface area contributed by atoms with Gasteiger partial charge in [0, 0.05) is 36.8 Å². The molecule has 0 N–H and O–H groups in total. The average Bonchev–Trinajstić information content (AvgIpc) is 2.79. The highest BCUT2D eigenvalue weighted by Gasteiger charge is 2.28. The van der Waals surface area contributed by atoms with Crippen LogP contribution in [0, 0.1) is 5.82 Å². The van der Waals surface area contributed by atoms with Crippen molar-refractivity contribution in [2.24, 2.45) is 0 Å². The predicted octanol–water partition coefficient (Wildman–Crippen LogP) is 2.86. The summed E-state index contributed by atoms with van der Waals surface area (Å²) in [6.07, 6.45) is 0. The number of hydrogen-bond donors (Lipinski definition) is 0. The van der Waals surface area contributed by atoms with Crippen LogP contribution in [0.4, 0.5) is 4.39 Å². The van der Waals surface area contributed by atoms with E-state index < -0.39 is 11.7 Å². The fourth-order valence-corrected chi connectivity index (χ4v) is 3.70. The first-order valence-electron chi connectivity index (χ1n) is 9.49. The number of carbonyl (C=O) groups excluding carboxylic acids is 2. The van der Waals surface area contributed by atoms with Crippen molar-refractivity contribution in [3.63, 3.8) is 0 Å². The van der Waals surface area contributed by atoms with Crippen LogP contribution in [0.5, 0.6) is 17.2 Å². The number of nitrogens with zero attached hydrogens (tertiary/aromatic N) is 2. The topological polar surface area (TPSA) is 68.3 Å². The molecule has 9 heteroatoms. The number of carbonyl (C=O) groups is 2. The van der Waals surface area contributed by atoms with Crippen molar-refractivity contribution in [2.45, 2.75) is 0 Å². The highest BCUT2D eigenvalue weighted by molar-refractivity contribution is 6.31. The highest BCUT2D eigenvalue weighted by Crippen LogP contribution is 2.40. The molecule has 0 aromatic heterocycles. The maximum atomic E-state index is 14.0. The number of hydrogen-bond acceptors (Lipinski definition) is 5. The standard InChI is InChI=1S/C21H20ClFN2O5/c1-28-17-10-13(11-18-19(17)30-9-8-29-18)20(26)24-4-6-25(7-5-24)21(27)15-12-14(22)2-3-16(15)23/h2-3,10-12H,4-9H2,1H3. The Morgan fingerprint density at radius 2 is 1.67 bits per heavy atom. The summed E-state index contributed by atoms with van der Waals surface area (Å²) in [4.78, 5) is 28.8. The predicted molar refractivity (Wildman–Crippen MR) is 107 cm³/mol. The summed E-state index contributed by atoms with van der Waals surface area (Å²) in [5.41, 5.74) is 0.343. The van der Waals surface area contributed by atoms with Gasteiger partial charge in [-0.25, -0.2) is 4.39 Å². The van der Waals surface area contributed by atoms with E-state index in [-0.39, 0.29) is 24.6 Å². The van der Waals surface area contributed by atoms with Crippen LogP contribution in [-0.2, 0) is 0 Å². The molecule has 1 saturated heterocycles. The third-order valence-corrected chi connectivity index (χ3v) is 5.32. The SMILES string of the molecule is COc1cc(C(=O)N2CCN(C(=O)c3cc(Cl)ccc3F)CC2)cc2c1OCCO2. The van der Waals surface area contributed by atoms with Crippen LogP contribution in [-0.4, -0.2) is 68.1 Å². The Morgan fingerprint density at radius 1 is 1.00 bits per heavy atom. The van der Waals surface area contributed by atoms with E-state index >= 15 is 0 Å². The quantitative estimate of drug-likeness (QED) is 0.743. The molecular formula is C21H20ClFN2O5. The Balaban J connectivity index is 1.46. The Bertz CT molecular complexity index is 974. The van der Waals surface area contributed by atoms with Gasteiger partial charge in [0.15, 0.2) is 11.5 Å². The third kappa shape index (κ3) is 3.87. The largest absolute Gasteiger partial charge is 0.493 e. The second-order valence-electron chi connectivity index (χ2n) is 6.91. The third-order valence-electron chi connectivity index (χ3n) is 5.09. The van der Waals surface area contributed by atoms with Crippen molar-refractivity contribution in [1.82, 2.24) is 9.80 Å². The fourth-order valence-electron chi connectivity index (χ4n) is 3.52. The van der Waals surface area contributed by atoms with Crippen LogP contribution in [0.3, 0.4) is 0 Å². The Morgan fingerprint density at radius 3 is 2.37 bits per heavy atom. The number of rotatable bonds is 3. The van der Waals surface area contributed by atoms with Crippen LogP contribution >= 0.6 is 11.6 Å². The van der Waals surface area contributed by atoms with Crippen LogP contribution in [0.1, 0.15) is 20.7 Å². The summed E-state index contributed by atoms with van der Waals surface area (Å²) >= 11 is 5.89. The molecule has 2 amide bonds. The first kappa shape index (κ1) is 20.3. The number of methoxy groups -OCH3 is 1. The molecule has 4 rings (SSSR count). The molecule has 0 unspecified atom stereocenters. The lowest BCUT2D eigenvalue weighted by Crippen LogP contribution is -2.50. The molecule has 158 valence electrons. The maximum absolute atomic E-state index is 14.0. The van der Waals surface area contributed by atoms with Gasteiger partial charge < -0.3 is 24.0 Å². The number of piperazine rings is 1. The molecule has 0 radical (unpaired) electrons. The van der Waals surface area contributed by atoms with Gasteiger partial charge in [0.25, 0.3) is 11.8 Å². The molecule has 7 nitrogen and oxygen atoms in total. The summed E-state index contributed by atoms with van der Waals surface area (Å²) in [6.45, 7) is 2.04. The van der Waals surface area contributed by atoms with Gasteiger partial charge in [0.1, 0.15) is 19.0 Å². The fraction of sp³-hybridized carbons (Fsp3) is 0.333. The van der Waals surface area contributed by atoms with Crippen LogP contribution in [0.15, 0.2) is 30.3 Å². The molecule has 2 aromatic carbocycles. The summed E-state index contributed by atoms with van der Waals surface area (Å²) < 4.78 is 30.5. The van der Waals surface area contributed by atoms with Gasteiger partial charge in [-0.2, -0.15) is 0 Å². The second-order valence-corrected chi connectivity index (χ2v) is 7.35. The normalized spacial score (nSPS) is 15.7. The highest BCUT2D eigenvalue weighted by atomic mass is 35.5. The van der Waals surface area contributed by atoms with Crippen molar-refractivity contribution in [2.75, 3.05) is 46.5 Å². The van der Waals surface area contributed by atoms with Crippen LogP contribution in [0.25, 0.3) is 0 Å². The molecule has 0 atom stereocenters. The number of benzene rings is 2. The zero-order valence-electron chi connectivity index (χ0n) is 16.3. The zero-order valence-corrected chi connectivity index (χ0v) is 17.1. The van der Waals surface area contributed by atoms with Gasteiger partial charge in [-0.1, -0.05) is 11.6 Å². The lowest BCUT2D eigenvalue weighted by Gasteiger charge is -2.35. The Kier molecular flexibility index (Phi) is 5.67. The van der Waals surface area contributed by atoms with Gasteiger partial charge in [0.05, 0.1) is 12.7 Å². The van der Waals surface area contributed by atoms with E-state index in [9.17, 15) is 14.0 Å². The van der Waals surface area contributed by atoms with E-state index in [4.69, 9.17) is 25.8 Å². The summed E-state index contributed by atoms with van der Waals surface area (Å²) in [6, 6.07) is 7.14. The number of fused-ring (bicyclic) bond motifs is 1. The summed E-state index contributed by atoms with van der Waals surface area (Å²) in [5, 5.41) is 0.293. The molecule has 30 heavy (non-hydrogen) atoms. The first-order valence-corrected chi connectivity index (χ1v) is 9.87. The van der Waals surface area contributed by atoms with Crippen molar-refractivity contribution < 1.29 is 28.2 Å². The minimum Gasteiger partial charge on any atom is -0.493 e. The Labute approximate surface area is 177 Å². The molecule has 0 bridgehead atoms. The number of amides is 2. The Hall–Kier alpha value is -3.00. The first-order chi connectivity index (χ1) is 14.5. The smallest absolute Gasteiger partial charge is 0.257 e. The van der Waals surface area contributed by atoms with E-state index in [0.29, 0.717) is 54.1 Å². The van der Waals surface area contributed by atoms with Gasteiger partial charge in [-0.15, -0.1) is 0 Å². The van der Waals surface area contributed by atoms with E-state index in [2.05, 4.69) is 0 Å². The molecule has 2 aromatic rings. The van der Waals surface area contributed by atoms with E-state index in [1.807, 2.05) is 0 Å². The molecule has 0 spiro atoms. The van der Waals surface area contributed by atoms with Crippen LogP contribution < -0.4 is 14.2 Å². The monoisotopic (exact) mass is 434 g/mol. The lowest BCUT2D eigenvalue weighted by molar-refractivity contribution is 0.0532. The molecule has 0 saturated carbocycles. The van der Waals surface area contributed by atoms with Crippen molar-refractivity contribution in [1.29, 1.82) is 0 Å². The van der Waals surface area contributed by atoms with Crippen molar-refractivity contribution in [3.8, 4) is 17.2 Å². The molecule has 2 heterocycles. The van der Waals surface area contributed by atoms with Gasteiger partial charge >= 0.3 is 0 Å². The van der Waals surface area contributed by atoms with E-state index in [1.165, 1.54) is 30.2 Å². The van der Waals surface area contributed by atoms with E-state index in [0.717, 1.165) is 0 Å². The summed E-state index contributed by atoms with van der Waals surface area (Å²) in [7, 11) is 1.50. The van der Waals surface area contributed by atoms with Gasteiger partial charge in [0.2, 0.25) is 5.75 Å². The second kappa shape index (κ2) is 8.39. The number of ether oxygens (including phenoxy) is 3. The van der Waals surface area contributed by atoms with E-state index in [1.54, 1.807) is 17.0 Å². The van der Waals surface area contributed by atoms with Crippen molar-refractivity contribution >= 4 is 23.4 Å². The maximum Gasteiger partial charge on any atom is 0.257 e. The van der Waals surface area contributed by atoms with Gasteiger partial charge in [-0.05, 0) is 30.3 Å². The van der Waals surface area contributed by atoms with Gasteiger partial charge in [-0.3, -0.25) is 9.59 Å². The molecule has 2 aliphatic heterocycles. The number of halogens is 2. The van der Waals surface area contributed by atoms with Crippen molar-refractivity contribution in [3.05, 3.63) is 52.3 Å². The minimum atomic E-state index is -0.619. The minimum absolute atomic E-state index is 0.0705. The molecule has 2 aliphatic rings. The molecule has 0 aliphatic carbocycles. The zero-order chi connectivity index (χ0) is 21.3. The average molecular weight is 435 g/mol.